The van der Waals surface area contributed by atoms with Crippen molar-refractivity contribution < 1.29 is 19.0 Å². The molecule has 0 saturated carbocycles. The van der Waals surface area contributed by atoms with Gasteiger partial charge in [-0.3, -0.25) is 14.6 Å². The Morgan fingerprint density at radius 3 is 2.57 bits per heavy atom. The molecule has 2 heterocycles. The second kappa shape index (κ2) is 12.9. The fraction of sp³-hybridized carbons (Fsp3) is 0.286. The number of carbonyl (C=O) groups excluding carboxylic acids is 1. The summed E-state index contributed by atoms with van der Waals surface area (Å²) in [5.41, 5.74) is 1.32. The summed E-state index contributed by atoms with van der Waals surface area (Å²) >= 11 is 1.51. The van der Waals surface area contributed by atoms with Gasteiger partial charge >= 0.3 is 0 Å². The van der Waals surface area contributed by atoms with Crippen LogP contribution in [0.25, 0.3) is 10.2 Å². The molecule has 4 aromatic rings. The highest BCUT2D eigenvalue weighted by atomic mass is 35.5. The Morgan fingerprint density at radius 1 is 1.03 bits per heavy atom. The number of hydrogen-bond donors (Lipinski definition) is 0. The summed E-state index contributed by atoms with van der Waals surface area (Å²) < 4.78 is 17.9. The average Bonchev–Trinajstić information content (AvgIpc) is 3.35. The second-order valence-electron chi connectivity index (χ2n) is 8.51. The summed E-state index contributed by atoms with van der Waals surface area (Å²) in [6.45, 7) is 4.80. The van der Waals surface area contributed by atoms with Crippen LogP contribution in [-0.4, -0.2) is 62.3 Å². The molecule has 1 aromatic heterocycles. The van der Waals surface area contributed by atoms with Gasteiger partial charge in [-0.15, -0.1) is 12.4 Å². The maximum absolute atomic E-state index is 14.0. The molecular weight excluding hydrogens is 510 g/mol. The smallest absolute Gasteiger partial charge is 0.263 e. The lowest BCUT2D eigenvalue weighted by Gasteiger charge is -2.28. The van der Waals surface area contributed by atoms with Gasteiger partial charge in [-0.25, -0.2) is 4.98 Å². The van der Waals surface area contributed by atoms with E-state index in [1.165, 1.54) is 11.3 Å². The molecule has 9 heteroatoms. The molecule has 194 valence electrons. The number of para-hydroxylation sites is 2. The van der Waals surface area contributed by atoms with Crippen LogP contribution in [0.5, 0.6) is 17.2 Å². The highest BCUT2D eigenvalue weighted by molar-refractivity contribution is 7.22. The van der Waals surface area contributed by atoms with Gasteiger partial charge in [0.1, 0.15) is 17.2 Å². The molecular formula is C28H30ClN3O4S. The molecule has 1 aliphatic rings. The molecule has 0 radical (unpaired) electrons. The molecule has 0 atom stereocenters. The summed E-state index contributed by atoms with van der Waals surface area (Å²) in [5, 5.41) is 0.666. The molecule has 0 aliphatic carbocycles. The first-order valence-electron chi connectivity index (χ1n) is 12.1. The lowest BCUT2D eigenvalue weighted by Crippen LogP contribution is -2.39. The number of benzene rings is 3. The molecule has 5 rings (SSSR count). The van der Waals surface area contributed by atoms with E-state index < -0.39 is 0 Å². The van der Waals surface area contributed by atoms with E-state index in [0.29, 0.717) is 28.7 Å². The van der Waals surface area contributed by atoms with Gasteiger partial charge in [0.05, 0.1) is 36.1 Å². The lowest BCUT2D eigenvalue weighted by atomic mass is 10.1. The molecule has 37 heavy (non-hydrogen) atoms. The van der Waals surface area contributed by atoms with Gasteiger partial charge in [-0.1, -0.05) is 41.7 Å². The average molecular weight is 540 g/mol. The Morgan fingerprint density at radius 2 is 1.78 bits per heavy atom. The van der Waals surface area contributed by atoms with Crippen molar-refractivity contribution in [2.75, 3.05) is 51.4 Å². The van der Waals surface area contributed by atoms with E-state index in [4.69, 9.17) is 19.2 Å². The van der Waals surface area contributed by atoms with Crippen molar-refractivity contribution in [2.24, 2.45) is 0 Å². The summed E-state index contributed by atoms with van der Waals surface area (Å²) in [6, 6.07) is 22.7. The van der Waals surface area contributed by atoms with Crippen LogP contribution in [0.3, 0.4) is 0 Å². The Balaban J connectivity index is 0.00000320. The van der Waals surface area contributed by atoms with Gasteiger partial charge in [0, 0.05) is 32.2 Å². The lowest BCUT2D eigenvalue weighted by molar-refractivity contribution is 0.0376. The maximum Gasteiger partial charge on any atom is 0.263 e. The van der Waals surface area contributed by atoms with Gasteiger partial charge in [0.25, 0.3) is 5.91 Å². The van der Waals surface area contributed by atoms with Gasteiger partial charge in [-0.05, 0) is 42.8 Å². The van der Waals surface area contributed by atoms with Gasteiger partial charge in [0.2, 0.25) is 0 Å². The largest absolute Gasteiger partial charge is 0.497 e. The number of halogens is 1. The first-order valence-corrected chi connectivity index (χ1v) is 12.9. The number of anilines is 1. The molecule has 0 bridgehead atoms. The number of methoxy groups -OCH3 is 1. The molecule has 1 amide bonds. The van der Waals surface area contributed by atoms with Crippen molar-refractivity contribution in [1.29, 1.82) is 0 Å². The second-order valence-corrected chi connectivity index (χ2v) is 9.51. The number of rotatable bonds is 9. The van der Waals surface area contributed by atoms with Crippen LogP contribution in [0.4, 0.5) is 5.13 Å². The number of fused-ring (bicyclic) bond motifs is 1. The molecule has 0 spiro atoms. The normalized spacial score (nSPS) is 13.6. The minimum Gasteiger partial charge on any atom is -0.497 e. The number of ether oxygens (including phenoxy) is 3. The first-order chi connectivity index (χ1) is 17.7. The van der Waals surface area contributed by atoms with Crippen molar-refractivity contribution in [2.45, 2.75) is 6.42 Å². The molecule has 1 saturated heterocycles. The SMILES string of the molecule is COc1ccc2sc(N(CCCN3CCOCC3)C(=O)c3ccccc3Oc3ccccc3)nc2c1.Cl. The molecule has 0 unspecified atom stereocenters. The van der Waals surface area contributed by atoms with E-state index in [2.05, 4.69) is 4.90 Å². The van der Waals surface area contributed by atoms with E-state index >= 15 is 0 Å². The van der Waals surface area contributed by atoms with Gasteiger partial charge < -0.3 is 14.2 Å². The van der Waals surface area contributed by atoms with Crippen LogP contribution in [0.1, 0.15) is 16.8 Å². The number of amides is 1. The monoisotopic (exact) mass is 539 g/mol. The zero-order valence-electron chi connectivity index (χ0n) is 20.7. The van der Waals surface area contributed by atoms with Crippen LogP contribution in [0, 0.1) is 0 Å². The van der Waals surface area contributed by atoms with Crippen LogP contribution >= 0.6 is 23.7 Å². The van der Waals surface area contributed by atoms with E-state index in [9.17, 15) is 4.79 Å². The van der Waals surface area contributed by atoms with Crippen LogP contribution in [0.15, 0.2) is 72.8 Å². The Hall–Kier alpha value is -3.17. The zero-order chi connectivity index (χ0) is 24.7. The standard InChI is InChI=1S/C28H29N3O4S.ClH/c1-33-22-12-13-26-24(20-22)29-28(36-26)31(15-7-14-30-16-18-34-19-17-30)27(32)23-10-5-6-11-25(23)35-21-8-3-2-4-9-21;/h2-6,8-13,20H,7,14-19H2,1H3;1H. The number of thiazole rings is 1. The van der Waals surface area contributed by atoms with Crippen molar-refractivity contribution in [3.8, 4) is 17.2 Å². The first kappa shape index (κ1) is 26.9. The predicted molar refractivity (Wildman–Crippen MR) is 150 cm³/mol. The quantitative estimate of drug-likeness (QED) is 0.264. The molecule has 1 aliphatic heterocycles. The van der Waals surface area contributed by atoms with Crippen molar-refractivity contribution in [3.63, 3.8) is 0 Å². The Kier molecular flexibility index (Phi) is 9.35. The summed E-state index contributed by atoms with van der Waals surface area (Å²) in [7, 11) is 1.64. The highest BCUT2D eigenvalue weighted by Gasteiger charge is 2.25. The predicted octanol–water partition coefficient (Wildman–Crippen LogP) is 5.89. The van der Waals surface area contributed by atoms with Crippen molar-refractivity contribution in [3.05, 3.63) is 78.4 Å². The fourth-order valence-corrected chi connectivity index (χ4v) is 5.16. The molecule has 7 nitrogen and oxygen atoms in total. The summed E-state index contributed by atoms with van der Waals surface area (Å²) in [4.78, 5) is 23.0. The number of nitrogens with zero attached hydrogens (tertiary/aromatic N) is 3. The minimum atomic E-state index is -0.130. The third-order valence-corrected chi connectivity index (χ3v) is 7.17. The third-order valence-electron chi connectivity index (χ3n) is 6.11. The maximum atomic E-state index is 14.0. The number of hydrogen-bond acceptors (Lipinski definition) is 7. The zero-order valence-corrected chi connectivity index (χ0v) is 22.3. The van der Waals surface area contributed by atoms with E-state index in [1.54, 1.807) is 12.0 Å². The van der Waals surface area contributed by atoms with E-state index in [-0.39, 0.29) is 18.3 Å². The number of carbonyl (C=O) groups is 1. The topological polar surface area (TPSA) is 64.1 Å². The Bertz CT molecular complexity index is 1310. The van der Waals surface area contributed by atoms with Crippen LogP contribution in [0.2, 0.25) is 0 Å². The molecule has 3 aromatic carbocycles. The summed E-state index contributed by atoms with van der Waals surface area (Å²) in [5.74, 6) is 1.82. The minimum absolute atomic E-state index is 0. The fourth-order valence-electron chi connectivity index (χ4n) is 4.19. The molecule has 0 N–H and O–H groups in total. The van der Waals surface area contributed by atoms with E-state index in [1.807, 2.05) is 72.8 Å². The van der Waals surface area contributed by atoms with Gasteiger partial charge in [0.15, 0.2) is 5.13 Å². The van der Waals surface area contributed by atoms with Gasteiger partial charge in [-0.2, -0.15) is 0 Å². The highest BCUT2D eigenvalue weighted by Crippen LogP contribution is 2.34. The number of morpholine rings is 1. The third kappa shape index (κ3) is 6.59. The van der Waals surface area contributed by atoms with Crippen molar-refractivity contribution >= 4 is 45.0 Å². The van der Waals surface area contributed by atoms with Crippen molar-refractivity contribution in [1.82, 2.24) is 9.88 Å². The summed E-state index contributed by atoms with van der Waals surface area (Å²) in [6.07, 6.45) is 0.826. The van der Waals surface area contributed by atoms with E-state index in [0.717, 1.165) is 55.2 Å². The number of aromatic nitrogens is 1. The Labute approximate surface area is 227 Å². The van der Waals surface area contributed by atoms with Crippen LogP contribution in [-0.2, 0) is 4.74 Å². The molecule has 1 fully saturated rings. The van der Waals surface area contributed by atoms with Crippen LogP contribution < -0.4 is 14.4 Å².